The molecule has 2 aliphatic rings. The van der Waals surface area contributed by atoms with Gasteiger partial charge in [-0.2, -0.15) is 0 Å². The van der Waals surface area contributed by atoms with Crippen LogP contribution in [-0.4, -0.2) is 36.3 Å². The van der Waals surface area contributed by atoms with Crippen molar-refractivity contribution < 1.29 is 14.3 Å². The molecule has 0 bridgehead atoms. The van der Waals surface area contributed by atoms with E-state index in [1.807, 2.05) is 30.3 Å². The first kappa shape index (κ1) is 15.9. The number of aromatic nitrogens is 1. The lowest BCUT2D eigenvalue weighted by Gasteiger charge is -2.44. The molecule has 25 heavy (non-hydrogen) atoms. The van der Waals surface area contributed by atoms with E-state index in [2.05, 4.69) is 41.2 Å². The Morgan fingerprint density at radius 2 is 1.96 bits per heavy atom. The number of ether oxygens (including phenoxy) is 2. The Bertz CT molecular complexity index is 781. The second-order valence-corrected chi connectivity index (χ2v) is 6.51. The van der Waals surface area contributed by atoms with Gasteiger partial charge in [-0.05, 0) is 31.5 Å². The summed E-state index contributed by atoms with van der Waals surface area (Å²) in [7, 11) is 0. The van der Waals surface area contributed by atoms with E-state index in [1.165, 1.54) is 5.56 Å². The van der Waals surface area contributed by atoms with Crippen molar-refractivity contribution in [3.05, 3.63) is 48.0 Å². The van der Waals surface area contributed by atoms with E-state index < -0.39 is 0 Å². The van der Waals surface area contributed by atoms with Gasteiger partial charge in [0.05, 0.1) is 18.2 Å². The Morgan fingerprint density at radius 1 is 1.16 bits per heavy atom. The zero-order valence-corrected chi connectivity index (χ0v) is 14.3. The van der Waals surface area contributed by atoms with Gasteiger partial charge in [0.15, 0.2) is 18.2 Å². The topological polar surface area (TPSA) is 63.7 Å². The molecule has 2 unspecified atom stereocenters. The van der Waals surface area contributed by atoms with Crippen LogP contribution in [0.4, 0.5) is 11.6 Å². The summed E-state index contributed by atoms with van der Waals surface area (Å²) in [6.07, 6.45) is 0.119. The van der Waals surface area contributed by atoms with Crippen molar-refractivity contribution in [2.24, 2.45) is 0 Å². The standard InChI is InChI=1S/C19H21N3O3/c1-12-10-22(18(13(2)25-12)14-6-4-3-5-7-14)16-9-8-15-19(20-16)21-17(23)11-24-15/h3-9,12-13,18H,10-11H2,1-2H3,(H,20,21,23)/t12-,13?,18?/m1/s1. The van der Waals surface area contributed by atoms with Crippen LogP contribution in [0.25, 0.3) is 0 Å². The highest BCUT2D eigenvalue weighted by atomic mass is 16.5. The fourth-order valence-corrected chi connectivity index (χ4v) is 3.58. The highest BCUT2D eigenvalue weighted by Crippen LogP contribution is 2.37. The molecular weight excluding hydrogens is 318 g/mol. The summed E-state index contributed by atoms with van der Waals surface area (Å²) in [5.74, 6) is 1.71. The lowest BCUT2D eigenvalue weighted by molar-refractivity contribution is -0.118. The Hall–Kier alpha value is -2.60. The molecule has 1 aromatic heterocycles. The molecule has 1 saturated heterocycles. The Morgan fingerprint density at radius 3 is 2.76 bits per heavy atom. The molecule has 130 valence electrons. The van der Waals surface area contributed by atoms with Crippen LogP contribution >= 0.6 is 0 Å². The van der Waals surface area contributed by atoms with Gasteiger partial charge < -0.3 is 19.7 Å². The molecule has 0 saturated carbocycles. The molecule has 1 N–H and O–H groups in total. The average Bonchev–Trinajstić information content (AvgIpc) is 2.61. The zero-order chi connectivity index (χ0) is 17.4. The summed E-state index contributed by atoms with van der Waals surface area (Å²) in [4.78, 5) is 18.5. The Kier molecular flexibility index (Phi) is 4.05. The predicted molar refractivity (Wildman–Crippen MR) is 94.9 cm³/mol. The summed E-state index contributed by atoms with van der Waals surface area (Å²) in [6.45, 7) is 4.91. The number of rotatable bonds is 2. The van der Waals surface area contributed by atoms with Crippen molar-refractivity contribution in [2.75, 3.05) is 23.4 Å². The van der Waals surface area contributed by atoms with E-state index >= 15 is 0 Å². The van der Waals surface area contributed by atoms with Gasteiger partial charge in [-0.1, -0.05) is 30.3 Å². The summed E-state index contributed by atoms with van der Waals surface area (Å²) in [6, 6.07) is 14.2. The number of amides is 1. The monoisotopic (exact) mass is 339 g/mol. The van der Waals surface area contributed by atoms with Crippen LogP contribution < -0.4 is 15.0 Å². The highest BCUT2D eigenvalue weighted by Gasteiger charge is 2.35. The molecule has 2 aliphatic heterocycles. The Balaban J connectivity index is 1.73. The van der Waals surface area contributed by atoms with Gasteiger partial charge in [-0.25, -0.2) is 4.98 Å². The molecule has 0 radical (unpaired) electrons. The number of morpholine rings is 1. The SMILES string of the molecule is CC1O[C@H](C)CN(c2ccc3c(n2)NC(=O)CO3)C1c1ccccc1. The second-order valence-electron chi connectivity index (χ2n) is 6.51. The van der Waals surface area contributed by atoms with E-state index in [-0.39, 0.29) is 30.8 Å². The van der Waals surface area contributed by atoms with Crippen molar-refractivity contribution in [2.45, 2.75) is 32.1 Å². The number of benzene rings is 1. The van der Waals surface area contributed by atoms with E-state index in [1.54, 1.807) is 0 Å². The van der Waals surface area contributed by atoms with Gasteiger partial charge in [0.1, 0.15) is 5.82 Å². The quantitative estimate of drug-likeness (QED) is 0.911. The lowest BCUT2D eigenvalue weighted by Crippen LogP contribution is -2.48. The van der Waals surface area contributed by atoms with Crippen molar-refractivity contribution in [1.82, 2.24) is 4.98 Å². The van der Waals surface area contributed by atoms with Gasteiger partial charge in [0.2, 0.25) is 0 Å². The minimum absolute atomic E-state index is 0.0230. The molecule has 1 fully saturated rings. The normalized spacial score (nSPS) is 25.8. The number of hydrogen-bond donors (Lipinski definition) is 1. The van der Waals surface area contributed by atoms with Crippen molar-refractivity contribution in [3.8, 4) is 5.75 Å². The molecule has 0 spiro atoms. The number of fused-ring (bicyclic) bond motifs is 1. The smallest absolute Gasteiger partial charge is 0.263 e. The summed E-state index contributed by atoms with van der Waals surface area (Å²) in [5.41, 5.74) is 1.18. The third-order valence-electron chi connectivity index (χ3n) is 4.58. The minimum atomic E-state index is -0.180. The predicted octanol–water partition coefficient (Wildman–Crippen LogP) is 2.77. The molecule has 3 heterocycles. The second kappa shape index (κ2) is 6.37. The largest absolute Gasteiger partial charge is 0.480 e. The maximum atomic E-state index is 11.6. The van der Waals surface area contributed by atoms with Crippen LogP contribution in [0.1, 0.15) is 25.5 Å². The van der Waals surface area contributed by atoms with Gasteiger partial charge >= 0.3 is 0 Å². The third kappa shape index (κ3) is 3.05. The van der Waals surface area contributed by atoms with Gasteiger partial charge in [-0.15, -0.1) is 0 Å². The first-order valence-corrected chi connectivity index (χ1v) is 8.52. The van der Waals surface area contributed by atoms with Crippen molar-refractivity contribution in [3.63, 3.8) is 0 Å². The lowest BCUT2D eigenvalue weighted by atomic mass is 9.98. The first-order chi connectivity index (χ1) is 12.1. The third-order valence-corrected chi connectivity index (χ3v) is 4.58. The maximum Gasteiger partial charge on any atom is 0.263 e. The maximum absolute atomic E-state index is 11.6. The fourth-order valence-electron chi connectivity index (χ4n) is 3.58. The van der Waals surface area contributed by atoms with E-state index in [0.717, 1.165) is 12.4 Å². The van der Waals surface area contributed by atoms with E-state index in [0.29, 0.717) is 11.6 Å². The van der Waals surface area contributed by atoms with Gasteiger partial charge in [-0.3, -0.25) is 4.79 Å². The van der Waals surface area contributed by atoms with Crippen LogP contribution in [0.5, 0.6) is 5.75 Å². The molecule has 6 heteroatoms. The number of carbonyl (C=O) groups is 1. The molecule has 1 aromatic carbocycles. The fraction of sp³-hybridized carbons (Fsp3) is 0.368. The number of carbonyl (C=O) groups excluding carboxylic acids is 1. The van der Waals surface area contributed by atoms with Crippen molar-refractivity contribution in [1.29, 1.82) is 0 Å². The van der Waals surface area contributed by atoms with E-state index in [4.69, 9.17) is 9.47 Å². The van der Waals surface area contributed by atoms with Crippen LogP contribution in [0.3, 0.4) is 0 Å². The molecular formula is C19H21N3O3. The zero-order valence-electron chi connectivity index (χ0n) is 14.3. The number of nitrogens with zero attached hydrogens (tertiary/aromatic N) is 2. The number of hydrogen-bond acceptors (Lipinski definition) is 5. The number of anilines is 2. The molecule has 3 atom stereocenters. The minimum Gasteiger partial charge on any atom is -0.480 e. The van der Waals surface area contributed by atoms with Crippen molar-refractivity contribution >= 4 is 17.5 Å². The molecule has 1 amide bonds. The number of nitrogens with one attached hydrogen (secondary N) is 1. The van der Waals surface area contributed by atoms with Crippen LogP contribution in [0.15, 0.2) is 42.5 Å². The average molecular weight is 339 g/mol. The van der Waals surface area contributed by atoms with Crippen LogP contribution in [-0.2, 0) is 9.53 Å². The molecule has 2 aromatic rings. The summed E-state index contributed by atoms with van der Waals surface area (Å²) in [5, 5.41) is 2.78. The first-order valence-electron chi connectivity index (χ1n) is 8.52. The van der Waals surface area contributed by atoms with Crippen LogP contribution in [0.2, 0.25) is 0 Å². The highest BCUT2D eigenvalue weighted by molar-refractivity contribution is 5.94. The van der Waals surface area contributed by atoms with E-state index in [9.17, 15) is 4.79 Å². The summed E-state index contributed by atoms with van der Waals surface area (Å²) >= 11 is 0. The van der Waals surface area contributed by atoms with Gasteiger partial charge in [0, 0.05) is 6.54 Å². The molecule has 6 nitrogen and oxygen atoms in total. The van der Waals surface area contributed by atoms with Gasteiger partial charge in [0.25, 0.3) is 5.91 Å². The molecule has 4 rings (SSSR count). The summed E-state index contributed by atoms with van der Waals surface area (Å²) < 4.78 is 11.5. The Labute approximate surface area is 146 Å². The van der Waals surface area contributed by atoms with Crippen LogP contribution in [0, 0.1) is 0 Å². The molecule has 0 aliphatic carbocycles. The number of pyridine rings is 1.